The first-order valence-electron chi connectivity index (χ1n) is 7.86. The van der Waals surface area contributed by atoms with Crippen molar-refractivity contribution in [2.45, 2.75) is 12.5 Å². The lowest BCUT2D eigenvalue weighted by Gasteiger charge is -2.10. The number of aliphatic hydroxyl groups excluding tert-OH is 1. The highest BCUT2D eigenvalue weighted by Gasteiger charge is 2.16. The number of carboxylic acid groups (broad SMARTS) is 1. The lowest BCUT2D eigenvalue weighted by molar-refractivity contribution is 0.175. The number of hydrogen-bond donors (Lipinski definition) is 3. The minimum atomic E-state index is -1.24. The molecular weight excluding hydrogens is 376 g/mol. The molecule has 0 aliphatic rings. The number of halogens is 1. The summed E-state index contributed by atoms with van der Waals surface area (Å²) in [5, 5.41) is 24.5. The zero-order valence-corrected chi connectivity index (χ0v) is 14.6. The highest BCUT2D eigenvalue weighted by molar-refractivity contribution is 6.30. The van der Waals surface area contributed by atoms with Crippen LogP contribution >= 0.6 is 11.6 Å². The maximum Gasteiger partial charge on any atom is 0.404 e. The van der Waals surface area contributed by atoms with Crippen molar-refractivity contribution < 1.29 is 24.3 Å². The second kappa shape index (κ2) is 8.47. The van der Waals surface area contributed by atoms with Crippen LogP contribution in [-0.4, -0.2) is 44.1 Å². The van der Waals surface area contributed by atoms with Crippen molar-refractivity contribution >= 4 is 17.7 Å². The fraction of sp³-hybridized carbons (Fsp3) is 0.176. The van der Waals surface area contributed by atoms with E-state index in [-0.39, 0.29) is 18.9 Å². The Bertz CT molecular complexity index is 898. The summed E-state index contributed by atoms with van der Waals surface area (Å²) < 4.78 is 10.7. The van der Waals surface area contributed by atoms with Gasteiger partial charge in [-0.3, -0.25) is 0 Å². The van der Waals surface area contributed by atoms with Gasteiger partial charge in [-0.15, -0.1) is 0 Å². The summed E-state index contributed by atoms with van der Waals surface area (Å²) in [7, 11) is 0. The predicted molar refractivity (Wildman–Crippen MR) is 94.8 cm³/mol. The summed E-state index contributed by atoms with van der Waals surface area (Å²) in [5.41, 5.74) is 0.688. The highest BCUT2D eigenvalue weighted by atomic mass is 35.5. The molecule has 10 heteroatoms. The predicted octanol–water partition coefficient (Wildman–Crippen LogP) is 2.75. The molecule has 140 valence electrons. The molecule has 0 aliphatic heterocycles. The molecule has 2 heterocycles. The van der Waals surface area contributed by atoms with Gasteiger partial charge < -0.3 is 24.8 Å². The second-order valence-corrected chi connectivity index (χ2v) is 5.92. The number of nitrogens with zero attached hydrogens (tertiary/aromatic N) is 3. The number of nitrogens with one attached hydrogen (secondary N) is 1. The molecule has 1 aromatic carbocycles. The molecule has 9 nitrogen and oxygen atoms in total. The van der Waals surface area contributed by atoms with Gasteiger partial charge in [0.05, 0.1) is 17.7 Å². The van der Waals surface area contributed by atoms with Crippen molar-refractivity contribution in [3.63, 3.8) is 0 Å². The molecule has 0 aliphatic carbocycles. The average Bonchev–Trinajstić information content (AvgIpc) is 3.12. The molecule has 0 unspecified atom stereocenters. The van der Waals surface area contributed by atoms with Crippen LogP contribution in [0.25, 0.3) is 11.4 Å². The van der Waals surface area contributed by atoms with Crippen LogP contribution in [0, 0.1) is 0 Å². The number of carbonyl (C=O) groups is 1. The Labute approximate surface area is 158 Å². The fourth-order valence-electron chi connectivity index (χ4n) is 2.22. The number of aromatic nitrogens is 3. The molecule has 1 amide bonds. The van der Waals surface area contributed by atoms with Gasteiger partial charge in [-0.25, -0.2) is 9.78 Å². The van der Waals surface area contributed by atoms with E-state index in [2.05, 4.69) is 20.4 Å². The Kier molecular flexibility index (Phi) is 5.84. The number of pyridine rings is 1. The van der Waals surface area contributed by atoms with E-state index in [1.165, 1.54) is 6.20 Å². The minimum Gasteiger partial charge on any atom is -0.465 e. The van der Waals surface area contributed by atoms with Crippen molar-refractivity contribution in [2.24, 2.45) is 0 Å². The van der Waals surface area contributed by atoms with Gasteiger partial charge in [-0.2, -0.15) is 4.98 Å². The lowest BCUT2D eigenvalue weighted by Crippen LogP contribution is -2.38. The van der Waals surface area contributed by atoms with Crippen LogP contribution < -0.4 is 10.1 Å². The van der Waals surface area contributed by atoms with Gasteiger partial charge >= 0.3 is 6.09 Å². The van der Waals surface area contributed by atoms with Gasteiger partial charge in [-0.1, -0.05) is 16.8 Å². The number of hydrogen-bond acceptors (Lipinski definition) is 7. The number of aliphatic hydroxyl groups is 1. The number of benzene rings is 1. The molecule has 3 rings (SSSR count). The Balaban J connectivity index is 1.66. The summed E-state index contributed by atoms with van der Waals surface area (Å²) in [6, 6.07) is 9.56. The normalized spacial score (nSPS) is 11.8. The summed E-state index contributed by atoms with van der Waals surface area (Å²) in [5.74, 6) is 1.54. The SMILES string of the molecule is O=C(O)N[C@H](CO)Cc1nc(-c2ccc(Oc3ccc(Cl)cn3)cc2)no1. The maximum absolute atomic E-state index is 10.7. The molecular formula is C17H15ClN4O5. The van der Waals surface area contributed by atoms with Crippen molar-refractivity contribution in [1.82, 2.24) is 20.4 Å². The summed E-state index contributed by atoms with van der Waals surface area (Å²) in [6.07, 6.45) is 0.337. The van der Waals surface area contributed by atoms with E-state index < -0.39 is 12.1 Å². The monoisotopic (exact) mass is 390 g/mol. The Morgan fingerprint density at radius 2 is 2.04 bits per heavy atom. The van der Waals surface area contributed by atoms with Gasteiger partial charge in [0.25, 0.3) is 0 Å². The van der Waals surface area contributed by atoms with E-state index in [1.54, 1.807) is 36.4 Å². The maximum atomic E-state index is 10.7. The summed E-state index contributed by atoms with van der Waals surface area (Å²) in [6.45, 7) is -0.380. The first-order chi connectivity index (χ1) is 13.0. The van der Waals surface area contributed by atoms with Crippen LogP contribution in [0.15, 0.2) is 47.1 Å². The minimum absolute atomic E-state index is 0.0826. The largest absolute Gasteiger partial charge is 0.465 e. The molecule has 2 aromatic heterocycles. The molecule has 0 fully saturated rings. The number of amides is 1. The van der Waals surface area contributed by atoms with Crippen LogP contribution in [0.4, 0.5) is 4.79 Å². The molecule has 0 saturated carbocycles. The third-order valence-electron chi connectivity index (χ3n) is 3.47. The van der Waals surface area contributed by atoms with Crippen molar-refractivity contribution in [1.29, 1.82) is 0 Å². The Hall–Kier alpha value is -3.17. The molecule has 3 aromatic rings. The molecule has 0 saturated heterocycles. The van der Waals surface area contributed by atoms with E-state index >= 15 is 0 Å². The fourth-order valence-corrected chi connectivity index (χ4v) is 2.33. The molecule has 1 atom stereocenters. The van der Waals surface area contributed by atoms with Gasteiger partial charge in [0.2, 0.25) is 17.6 Å². The topological polar surface area (TPSA) is 131 Å². The first kappa shape index (κ1) is 18.6. The van der Waals surface area contributed by atoms with Crippen molar-refractivity contribution in [3.8, 4) is 23.0 Å². The lowest BCUT2D eigenvalue weighted by atomic mass is 10.2. The molecule has 3 N–H and O–H groups in total. The summed E-state index contributed by atoms with van der Waals surface area (Å²) >= 11 is 5.78. The average molecular weight is 391 g/mol. The number of ether oxygens (including phenoxy) is 1. The van der Waals surface area contributed by atoms with E-state index in [0.717, 1.165) is 0 Å². The molecule has 27 heavy (non-hydrogen) atoms. The van der Waals surface area contributed by atoms with Crippen molar-refractivity contribution in [2.75, 3.05) is 6.61 Å². The van der Waals surface area contributed by atoms with Gasteiger partial charge in [0, 0.05) is 24.2 Å². The Morgan fingerprint density at radius 1 is 1.26 bits per heavy atom. The van der Waals surface area contributed by atoms with Crippen molar-refractivity contribution in [3.05, 3.63) is 53.5 Å². The Morgan fingerprint density at radius 3 is 2.67 bits per heavy atom. The standard InChI is InChI=1S/C17H15ClN4O5/c18-11-3-6-14(19-8-11)26-13-4-1-10(2-5-13)16-21-15(27-22-16)7-12(9-23)20-17(24)25/h1-6,8,12,20,23H,7,9H2,(H,24,25)/t12-/m0/s1. The quantitative estimate of drug-likeness (QED) is 0.561. The highest BCUT2D eigenvalue weighted by Crippen LogP contribution is 2.24. The van der Waals surface area contributed by atoms with E-state index in [9.17, 15) is 9.90 Å². The van der Waals surface area contributed by atoms with Crippen LogP contribution in [0.2, 0.25) is 5.02 Å². The third-order valence-corrected chi connectivity index (χ3v) is 3.70. The first-order valence-corrected chi connectivity index (χ1v) is 8.24. The van der Waals surface area contributed by atoms with Crippen LogP contribution in [0.3, 0.4) is 0 Å². The van der Waals surface area contributed by atoms with E-state index in [0.29, 0.717) is 28.0 Å². The zero-order chi connectivity index (χ0) is 19.2. The summed E-state index contributed by atoms with van der Waals surface area (Å²) in [4.78, 5) is 18.9. The van der Waals surface area contributed by atoms with E-state index in [1.807, 2.05) is 0 Å². The van der Waals surface area contributed by atoms with Gasteiger partial charge in [0.15, 0.2) is 0 Å². The van der Waals surface area contributed by atoms with Crippen LogP contribution in [0.5, 0.6) is 11.6 Å². The van der Waals surface area contributed by atoms with Gasteiger partial charge in [-0.05, 0) is 30.3 Å². The molecule has 0 radical (unpaired) electrons. The van der Waals surface area contributed by atoms with E-state index in [4.69, 9.17) is 26.0 Å². The third kappa shape index (κ3) is 5.16. The van der Waals surface area contributed by atoms with Gasteiger partial charge in [0.1, 0.15) is 5.75 Å². The van der Waals surface area contributed by atoms with Crippen LogP contribution in [0.1, 0.15) is 5.89 Å². The number of rotatable bonds is 7. The zero-order valence-electron chi connectivity index (χ0n) is 13.9. The van der Waals surface area contributed by atoms with Crippen LogP contribution in [-0.2, 0) is 6.42 Å². The second-order valence-electron chi connectivity index (χ2n) is 5.49. The smallest absolute Gasteiger partial charge is 0.404 e. The molecule has 0 spiro atoms. The molecule has 0 bridgehead atoms.